The van der Waals surface area contributed by atoms with Gasteiger partial charge in [-0.3, -0.25) is 9.59 Å². The van der Waals surface area contributed by atoms with E-state index in [1.807, 2.05) is 47.8 Å². The third-order valence-electron chi connectivity index (χ3n) is 3.19. The second-order valence-corrected chi connectivity index (χ2v) is 6.04. The Kier molecular flexibility index (Phi) is 6.77. The molecule has 2 aromatic rings. The molecule has 23 heavy (non-hydrogen) atoms. The molecule has 0 radical (unpaired) electrons. The maximum absolute atomic E-state index is 12.2. The number of ether oxygens (including phenoxy) is 1. The fraction of sp³-hybridized carbons (Fsp3) is 0.294. The van der Waals surface area contributed by atoms with Crippen LogP contribution in [0.15, 0.2) is 47.8 Å². The van der Waals surface area contributed by atoms with Crippen LogP contribution in [-0.4, -0.2) is 41.6 Å². The van der Waals surface area contributed by atoms with Crippen molar-refractivity contribution in [2.45, 2.75) is 13.0 Å². The van der Waals surface area contributed by atoms with Gasteiger partial charge in [0.1, 0.15) is 13.2 Å². The summed E-state index contributed by atoms with van der Waals surface area (Å²) in [7, 11) is 0. The number of benzene rings is 1. The van der Waals surface area contributed by atoms with Gasteiger partial charge in [0.05, 0.1) is 6.61 Å². The van der Waals surface area contributed by atoms with E-state index >= 15 is 0 Å². The molecule has 0 aliphatic heterocycles. The molecule has 1 N–H and O–H groups in total. The molecule has 122 valence electrons. The average molecular weight is 333 g/mol. The Labute approximate surface area is 139 Å². The number of amides is 1. The zero-order chi connectivity index (χ0) is 16.5. The molecule has 0 fully saturated rings. The first-order valence-electron chi connectivity index (χ1n) is 7.29. The molecular weight excluding hydrogens is 314 g/mol. The molecule has 0 spiro atoms. The SMILES string of the molecule is O=C(O)CN(Cc1ccccc1)C(=O)COCCc1cccs1. The van der Waals surface area contributed by atoms with Crippen molar-refractivity contribution in [1.29, 1.82) is 0 Å². The zero-order valence-electron chi connectivity index (χ0n) is 12.7. The number of carboxylic acid groups (broad SMARTS) is 1. The van der Waals surface area contributed by atoms with Crippen molar-refractivity contribution < 1.29 is 19.4 Å². The van der Waals surface area contributed by atoms with Crippen LogP contribution in [0.4, 0.5) is 0 Å². The minimum Gasteiger partial charge on any atom is -0.480 e. The largest absolute Gasteiger partial charge is 0.480 e. The standard InChI is InChI=1S/C17H19NO4S/c19-16(13-22-9-8-15-7-4-10-23-15)18(12-17(20)21)11-14-5-2-1-3-6-14/h1-7,10H,8-9,11-13H2,(H,20,21). The lowest BCUT2D eigenvalue weighted by Crippen LogP contribution is -2.37. The van der Waals surface area contributed by atoms with E-state index in [0.717, 1.165) is 12.0 Å². The zero-order valence-corrected chi connectivity index (χ0v) is 13.5. The molecule has 1 aromatic heterocycles. The predicted octanol–water partition coefficient (Wildman–Crippen LogP) is 2.42. The van der Waals surface area contributed by atoms with Gasteiger partial charge in [0.2, 0.25) is 5.91 Å². The Balaban J connectivity index is 1.82. The second-order valence-electron chi connectivity index (χ2n) is 5.01. The number of hydrogen-bond acceptors (Lipinski definition) is 4. The molecule has 0 unspecified atom stereocenters. The van der Waals surface area contributed by atoms with Gasteiger partial charge >= 0.3 is 5.97 Å². The molecular formula is C17H19NO4S. The van der Waals surface area contributed by atoms with Crippen LogP contribution in [0, 0.1) is 0 Å². The highest BCUT2D eigenvalue weighted by Gasteiger charge is 2.17. The maximum Gasteiger partial charge on any atom is 0.323 e. The van der Waals surface area contributed by atoms with Crippen LogP contribution in [0.25, 0.3) is 0 Å². The first kappa shape index (κ1) is 17.2. The van der Waals surface area contributed by atoms with E-state index in [-0.39, 0.29) is 25.6 Å². The summed E-state index contributed by atoms with van der Waals surface area (Å²) in [5.41, 5.74) is 0.890. The van der Waals surface area contributed by atoms with E-state index in [2.05, 4.69) is 0 Å². The lowest BCUT2D eigenvalue weighted by Gasteiger charge is -2.20. The quantitative estimate of drug-likeness (QED) is 0.716. The van der Waals surface area contributed by atoms with Crippen molar-refractivity contribution in [3.63, 3.8) is 0 Å². The normalized spacial score (nSPS) is 10.4. The van der Waals surface area contributed by atoms with Gasteiger partial charge in [-0.1, -0.05) is 36.4 Å². The topological polar surface area (TPSA) is 66.8 Å². The fourth-order valence-corrected chi connectivity index (χ4v) is 2.77. The summed E-state index contributed by atoms with van der Waals surface area (Å²) in [6, 6.07) is 13.3. The number of carbonyl (C=O) groups is 2. The van der Waals surface area contributed by atoms with Crippen molar-refractivity contribution >= 4 is 23.2 Å². The first-order chi connectivity index (χ1) is 11.1. The summed E-state index contributed by atoms with van der Waals surface area (Å²) in [5, 5.41) is 11.0. The minimum atomic E-state index is -1.03. The smallest absolute Gasteiger partial charge is 0.323 e. The van der Waals surface area contributed by atoms with Gasteiger partial charge in [-0.15, -0.1) is 11.3 Å². The van der Waals surface area contributed by atoms with Gasteiger partial charge in [-0.2, -0.15) is 0 Å². The number of hydrogen-bond donors (Lipinski definition) is 1. The lowest BCUT2D eigenvalue weighted by atomic mass is 10.2. The second kappa shape index (κ2) is 9.07. The van der Waals surface area contributed by atoms with Crippen LogP contribution in [0.5, 0.6) is 0 Å². The Morgan fingerprint density at radius 3 is 2.57 bits per heavy atom. The molecule has 5 nitrogen and oxygen atoms in total. The molecule has 2 rings (SSSR count). The van der Waals surface area contributed by atoms with Crippen LogP contribution in [0.2, 0.25) is 0 Å². The van der Waals surface area contributed by atoms with E-state index in [0.29, 0.717) is 6.61 Å². The Morgan fingerprint density at radius 2 is 1.91 bits per heavy atom. The van der Waals surface area contributed by atoms with E-state index < -0.39 is 5.97 Å². The molecule has 0 saturated heterocycles. The van der Waals surface area contributed by atoms with Crippen LogP contribution < -0.4 is 0 Å². The van der Waals surface area contributed by atoms with Crippen molar-refractivity contribution in [1.82, 2.24) is 4.90 Å². The summed E-state index contributed by atoms with van der Waals surface area (Å²) in [4.78, 5) is 25.6. The average Bonchev–Trinajstić information content (AvgIpc) is 3.04. The number of thiophene rings is 1. The first-order valence-corrected chi connectivity index (χ1v) is 8.16. The predicted molar refractivity (Wildman–Crippen MR) is 88.3 cm³/mol. The molecule has 6 heteroatoms. The van der Waals surface area contributed by atoms with Crippen molar-refractivity contribution in [2.75, 3.05) is 19.8 Å². The highest BCUT2D eigenvalue weighted by molar-refractivity contribution is 7.09. The number of aliphatic carboxylic acids is 1. The van der Waals surface area contributed by atoms with Gasteiger partial charge in [0.25, 0.3) is 0 Å². The lowest BCUT2D eigenvalue weighted by molar-refractivity contribution is -0.147. The van der Waals surface area contributed by atoms with Crippen LogP contribution >= 0.6 is 11.3 Å². The van der Waals surface area contributed by atoms with E-state index in [1.54, 1.807) is 11.3 Å². The number of rotatable bonds is 9. The summed E-state index contributed by atoms with van der Waals surface area (Å²) in [6.07, 6.45) is 0.753. The summed E-state index contributed by atoms with van der Waals surface area (Å²) >= 11 is 1.65. The van der Waals surface area contributed by atoms with Gasteiger partial charge in [-0.05, 0) is 17.0 Å². The Hall–Kier alpha value is -2.18. The fourth-order valence-electron chi connectivity index (χ4n) is 2.08. The minimum absolute atomic E-state index is 0.106. The number of nitrogens with zero attached hydrogens (tertiary/aromatic N) is 1. The van der Waals surface area contributed by atoms with Crippen molar-refractivity contribution in [3.05, 3.63) is 58.3 Å². The Morgan fingerprint density at radius 1 is 1.13 bits per heavy atom. The van der Waals surface area contributed by atoms with Crippen molar-refractivity contribution in [2.24, 2.45) is 0 Å². The molecule has 1 aromatic carbocycles. The molecule has 0 atom stereocenters. The molecule has 0 aliphatic carbocycles. The monoisotopic (exact) mass is 333 g/mol. The maximum atomic E-state index is 12.2. The molecule has 0 saturated carbocycles. The summed E-state index contributed by atoms with van der Waals surface area (Å²) in [5.74, 6) is -1.35. The van der Waals surface area contributed by atoms with Crippen molar-refractivity contribution in [3.8, 4) is 0 Å². The van der Waals surface area contributed by atoms with Crippen LogP contribution in [0.1, 0.15) is 10.4 Å². The third kappa shape index (κ3) is 6.22. The van der Waals surface area contributed by atoms with Crippen LogP contribution in [-0.2, 0) is 27.3 Å². The molecule has 1 heterocycles. The highest BCUT2D eigenvalue weighted by Crippen LogP contribution is 2.09. The molecule has 0 bridgehead atoms. The van der Waals surface area contributed by atoms with E-state index in [4.69, 9.17) is 9.84 Å². The number of carbonyl (C=O) groups excluding carboxylic acids is 1. The summed E-state index contributed by atoms with van der Waals surface area (Å²) < 4.78 is 5.39. The van der Waals surface area contributed by atoms with Gasteiger partial charge in [-0.25, -0.2) is 0 Å². The number of carboxylic acids is 1. The molecule has 1 amide bonds. The summed E-state index contributed by atoms with van der Waals surface area (Å²) in [6.45, 7) is 0.270. The third-order valence-corrected chi connectivity index (χ3v) is 4.13. The van der Waals surface area contributed by atoms with Gasteiger partial charge < -0.3 is 14.7 Å². The highest BCUT2D eigenvalue weighted by atomic mass is 32.1. The van der Waals surface area contributed by atoms with E-state index in [1.165, 1.54) is 9.78 Å². The van der Waals surface area contributed by atoms with Crippen LogP contribution in [0.3, 0.4) is 0 Å². The Bertz CT molecular complexity index is 613. The van der Waals surface area contributed by atoms with Gasteiger partial charge in [0, 0.05) is 17.8 Å². The van der Waals surface area contributed by atoms with E-state index in [9.17, 15) is 9.59 Å². The van der Waals surface area contributed by atoms with Gasteiger partial charge in [0.15, 0.2) is 0 Å². The molecule has 0 aliphatic rings.